The number of alkyl halides is 1. The fourth-order valence-corrected chi connectivity index (χ4v) is 5.69. The molecule has 2 N–H and O–H groups in total. The van der Waals surface area contributed by atoms with Crippen LogP contribution in [0.3, 0.4) is 0 Å². The summed E-state index contributed by atoms with van der Waals surface area (Å²) in [5.41, 5.74) is -1.56. The number of para-hydroxylation sites is 1. The van der Waals surface area contributed by atoms with Gasteiger partial charge < -0.3 is 24.0 Å². The molecule has 1 fully saturated rings. The number of aliphatic hydroxyl groups is 1. The molecule has 0 amide bonds. The lowest BCUT2D eigenvalue weighted by Gasteiger charge is -2.25. The maximum absolute atomic E-state index is 16.0. The number of carbonyl (C=O) groups is 1. The van der Waals surface area contributed by atoms with E-state index in [1.807, 2.05) is 0 Å². The van der Waals surface area contributed by atoms with Crippen LogP contribution in [0.1, 0.15) is 25.9 Å². The third-order valence-corrected chi connectivity index (χ3v) is 7.84. The molecule has 0 spiro atoms. The summed E-state index contributed by atoms with van der Waals surface area (Å²) in [4.78, 5) is 26.9. The van der Waals surface area contributed by atoms with Gasteiger partial charge in [0.2, 0.25) is 0 Å². The van der Waals surface area contributed by atoms with Gasteiger partial charge in [-0.2, -0.15) is 5.09 Å². The molecule has 2 aromatic heterocycles. The van der Waals surface area contributed by atoms with Crippen molar-refractivity contribution in [3.05, 3.63) is 42.5 Å². The number of aromatic nitrogens is 4. The van der Waals surface area contributed by atoms with Gasteiger partial charge in [0.05, 0.1) is 20.0 Å². The normalized spacial score (nSPS) is 25.3. The predicted octanol–water partition coefficient (Wildman–Crippen LogP) is 2.54. The summed E-state index contributed by atoms with van der Waals surface area (Å²) in [6.07, 6.45) is -2.92. The van der Waals surface area contributed by atoms with Crippen molar-refractivity contribution < 1.29 is 37.4 Å². The fraction of sp³-hybridized carbons (Fsp3) is 0.500. The number of hydrogen-bond donors (Lipinski definition) is 2. The van der Waals surface area contributed by atoms with Gasteiger partial charge in [0.25, 0.3) is 0 Å². The molecule has 3 aromatic rings. The van der Waals surface area contributed by atoms with Crippen molar-refractivity contribution in [2.24, 2.45) is 0 Å². The van der Waals surface area contributed by atoms with Gasteiger partial charge in [-0.15, -0.1) is 0 Å². The number of aryl methyl sites for hydroxylation is 1. The van der Waals surface area contributed by atoms with Crippen LogP contribution in [0.25, 0.3) is 11.2 Å². The summed E-state index contributed by atoms with van der Waals surface area (Å²) >= 11 is 0. The highest BCUT2D eigenvalue weighted by Gasteiger charge is 2.56. The van der Waals surface area contributed by atoms with E-state index in [0.29, 0.717) is 22.8 Å². The van der Waals surface area contributed by atoms with Crippen LogP contribution in [0.4, 0.5) is 10.2 Å². The Kier molecular flexibility index (Phi) is 8.24. The van der Waals surface area contributed by atoms with Gasteiger partial charge in [0, 0.05) is 14.1 Å². The third-order valence-electron chi connectivity index (χ3n) is 6.19. The van der Waals surface area contributed by atoms with Gasteiger partial charge >= 0.3 is 13.7 Å². The van der Waals surface area contributed by atoms with Gasteiger partial charge in [-0.1, -0.05) is 18.2 Å². The zero-order valence-electron chi connectivity index (χ0n) is 22.4. The molecule has 1 aliphatic rings. The van der Waals surface area contributed by atoms with Gasteiger partial charge in [0.1, 0.15) is 29.8 Å². The molecule has 212 valence electrons. The molecule has 39 heavy (non-hydrogen) atoms. The first kappa shape index (κ1) is 28.8. The SMILES string of the molecule is COC(=O)[C@@H](C)NP(=O)(OC[C@H]1O[C@@H](n2cnc3c(N(C)C)nc(C)nc32)[C@](C)(F)[C@@H]1O)Oc1ccccc1. The molecule has 0 radical (unpaired) electrons. The van der Waals surface area contributed by atoms with Crippen LogP contribution in [-0.4, -0.2) is 82.3 Å². The molecule has 13 nitrogen and oxygen atoms in total. The van der Waals surface area contributed by atoms with Crippen molar-refractivity contribution in [2.45, 2.75) is 50.9 Å². The van der Waals surface area contributed by atoms with E-state index in [-0.39, 0.29) is 5.75 Å². The molecule has 1 aliphatic heterocycles. The zero-order chi connectivity index (χ0) is 28.5. The Morgan fingerprint density at radius 2 is 2.03 bits per heavy atom. The van der Waals surface area contributed by atoms with Crippen LogP contribution in [0.15, 0.2) is 36.7 Å². The molecular formula is C24H32FN6O7P. The largest absolute Gasteiger partial charge is 0.468 e. The van der Waals surface area contributed by atoms with E-state index in [1.54, 1.807) is 56.3 Å². The predicted molar refractivity (Wildman–Crippen MR) is 139 cm³/mol. The van der Waals surface area contributed by atoms with Crippen molar-refractivity contribution >= 4 is 30.7 Å². The standard InChI is InChI=1S/C24H32FN6O7P/c1-14(22(33)35-6)29-39(34,38-16-10-8-7-9-11-16)36-12-17-19(32)24(3,25)23(37-17)31-13-26-18-20(30(4)5)27-15(2)28-21(18)31/h7-11,13-14,17,19,23,32H,12H2,1-6H3,(H,29,34)/t14-,17-,19-,23-,24-,39?/m1/s1. The topological polar surface area (TPSA) is 150 Å². The number of imidazole rings is 1. The molecule has 0 saturated carbocycles. The number of aliphatic hydroxyl groups excluding tert-OH is 1. The number of nitrogens with one attached hydrogen (secondary N) is 1. The number of carbonyl (C=O) groups excluding carboxylic acids is 1. The summed E-state index contributed by atoms with van der Waals surface area (Å²) in [6, 6.07) is 7.09. The van der Waals surface area contributed by atoms with Crippen LogP contribution in [0.2, 0.25) is 0 Å². The lowest BCUT2D eigenvalue weighted by atomic mass is 9.98. The number of esters is 1. The first-order valence-corrected chi connectivity index (χ1v) is 13.7. The van der Waals surface area contributed by atoms with E-state index < -0.39 is 50.5 Å². The van der Waals surface area contributed by atoms with E-state index >= 15 is 4.39 Å². The second kappa shape index (κ2) is 11.1. The Labute approximate surface area is 224 Å². The van der Waals surface area contributed by atoms with Crippen molar-refractivity contribution in [1.29, 1.82) is 0 Å². The number of anilines is 1. The molecular weight excluding hydrogens is 534 g/mol. The highest BCUT2D eigenvalue weighted by Crippen LogP contribution is 2.48. The summed E-state index contributed by atoms with van der Waals surface area (Å²) in [7, 11) is 0.544. The number of nitrogens with zero attached hydrogens (tertiary/aromatic N) is 5. The maximum atomic E-state index is 16.0. The van der Waals surface area contributed by atoms with Crippen LogP contribution < -0.4 is 14.5 Å². The zero-order valence-corrected chi connectivity index (χ0v) is 23.3. The number of hydrogen-bond acceptors (Lipinski definition) is 11. The molecule has 15 heteroatoms. The number of methoxy groups -OCH3 is 1. The molecule has 1 unspecified atom stereocenters. The lowest BCUT2D eigenvalue weighted by molar-refractivity contribution is -0.142. The van der Waals surface area contributed by atoms with E-state index in [9.17, 15) is 14.5 Å². The summed E-state index contributed by atoms with van der Waals surface area (Å²) in [5.74, 6) is 0.477. The van der Waals surface area contributed by atoms with Crippen LogP contribution in [0.5, 0.6) is 5.75 Å². The van der Waals surface area contributed by atoms with Crippen molar-refractivity contribution in [3.8, 4) is 5.75 Å². The van der Waals surface area contributed by atoms with Crippen molar-refractivity contribution in [1.82, 2.24) is 24.6 Å². The Morgan fingerprint density at radius 1 is 1.33 bits per heavy atom. The van der Waals surface area contributed by atoms with Gasteiger partial charge in [0.15, 0.2) is 28.9 Å². The first-order valence-electron chi connectivity index (χ1n) is 12.1. The third kappa shape index (κ3) is 5.89. The van der Waals surface area contributed by atoms with E-state index in [2.05, 4.69) is 24.8 Å². The molecule has 0 bridgehead atoms. The second-order valence-electron chi connectivity index (χ2n) is 9.51. The Bertz CT molecular complexity index is 1370. The van der Waals surface area contributed by atoms with Crippen LogP contribution >= 0.6 is 7.75 Å². The number of ether oxygens (including phenoxy) is 2. The minimum atomic E-state index is -4.24. The molecule has 3 heterocycles. The fourth-order valence-electron chi connectivity index (χ4n) is 4.19. The quantitative estimate of drug-likeness (QED) is 0.274. The average molecular weight is 567 g/mol. The second-order valence-corrected chi connectivity index (χ2v) is 11.2. The number of benzene rings is 1. The average Bonchev–Trinajstić information content (AvgIpc) is 3.39. The molecule has 1 saturated heterocycles. The Hall–Kier alpha value is -3.16. The summed E-state index contributed by atoms with van der Waals surface area (Å²) in [6.45, 7) is 3.77. The van der Waals surface area contributed by atoms with Gasteiger partial charge in [-0.05, 0) is 32.9 Å². The Balaban J connectivity index is 1.59. The van der Waals surface area contributed by atoms with Gasteiger partial charge in [-0.25, -0.2) is 23.9 Å². The molecule has 4 rings (SSSR count). The smallest absolute Gasteiger partial charge is 0.459 e. The minimum Gasteiger partial charge on any atom is -0.468 e. The minimum absolute atomic E-state index is 0.197. The lowest BCUT2D eigenvalue weighted by Crippen LogP contribution is -2.41. The van der Waals surface area contributed by atoms with Gasteiger partial charge in [-0.3, -0.25) is 13.9 Å². The van der Waals surface area contributed by atoms with E-state index in [0.717, 1.165) is 0 Å². The molecule has 0 aliphatic carbocycles. The summed E-state index contributed by atoms with van der Waals surface area (Å²) in [5, 5.41) is 13.4. The first-order chi connectivity index (χ1) is 18.4. The highest BCUT2D eigenvalue weighted by molar-refractivity contribution is 7.52. The highest BCUT2D eigenvalue weighted by atomic mass is 31.2. The Morgan fingerprint density at radius 3 is 2.67 bits per heavy atom. The van der Waals surface area contributed by atoms with Crippen LogP contribution in [0, 0.1) is 6.92 Å². The molecule has 6 atom stereocenters. The number of halogens is 1. The molecule has 1 aromatic carbocycles. The van der Waals surface area contributed by atoms with E-state index in [1.165, 1.54) is 31.9 Å². The number of rotatable bonds is 10. The van der Waals surface area contributed by atoms with E-state index in [4.69, 9.17) is 13.8 Å². The van der Waals surface area contributed by atoms with Crippen molar-refractivity contribution in [2.75, 3.05) is 32.7 Å². The van der Waals surface area contributed by atoms with Crippen LogP contribution in [-0.2, 0) is 23.4 Å². The maximum Gasteiger partial charge on any atom is 0.459 e. The monoisotopic (exact) mass is 566 g/mol. The summed E-state index contributed by atoms with van der Waals surface area (Å²) < 4.78 is 52.7. The van der Waals surface area contributed by atoms with Crippen molar-refractivity contribution in [3.63, 3.8) is 0 Å². The number of fused-ring (bicyclic) bond motifs is 1.